The molecule has 0 heterocycles. The number of halogens is 3. The van der Waals surface area contributed by atoms with Crippen molar-refractivity contribution < 1.29 is 22.8 Å². The van der Waals surface area contributed by atoms with Gasteiger partial charge in [-0.2, -0.15) is 13.2 Å². The van der Waals surface area contributed by atoms with Gasteiger partial charge < -0.3 is 10.2 Å². The lowest BCUT2D eigenvalue weighted by Crippen LogP contribution is -2.40. The normalized spacial score (nSPS) is 15.6. The molecule has 1 saturated carbocycles. The minimum Gasteiger partial charge on any atom is -0.331 e. The first-order valence-corrected chi connectivity index (χ1v) is 10.1. The van der Waals surface area contributed by atoms with Crippen LogP contribution in [0.1, 0.15) is 43.7 Å². The van der Waals surface area contributed by atoms with Gasteiger partial charge in [0.2, 0.25) is 5.91 Å². The second-order valence-corrected chi connectivity index (χ2v) is 7.63. The summed E-state index contributed by atoms with van der Waals surface area (Å²) in [6.45, 7) is 1.26. The third-order valence-corrected chi connectivity index (χ3v) is 5.69. The van der Waals surface area contributed by atoms with E-state index < -0.39 is 17.5 Å². The van der Waals surface area contributed by atoms with E-state index in [1.165, 1.54) is 6.92 Å². The molecule has 1 aliphatic carbocycles. The summed E-state index contributed by atoms with van der Waals surface area (Å²) in [5.41, 5.74) is 1.41. The standard InChI is InChI=1S/C23H25F3N2O2/c1-2-28(21(30)23(24,25)26)16-17-9-8-12-19(15-17)27-20(29)22(13-6-7-14-22)18-10-4-3-5-11-18/h3-5,8-12,15H,2,6-7,13-14,16H2,1H3,(H,27,29). The van der Waals surface area contributed by atoms with E-state index in [9.17, 15) is 22.8 Å². The molecule has 0 saturated heterocycles. The first-order valence-electron chi connectivity index (χ1n) is 10.1. The lowest BCUT2D eigenvalue weighted by atomic mass is 9.78. The number of carbonyl (C=O) groups excluding carboxylic acids is 2. The van der Waals surface area contributed by atoms with Crippen LogP contribution in [0.15, 0.2) is 54.6 Å². The number of benzene rings is 2. The SMILES string of the molecule is CCN(Cc1cccc(NC(=O)C2(c3ccccc3)CCCC2)c1)C(=O)C(F)(F)F. The van der Waals surface area contributed by atoms with E-state index in [2.05, 4.69) is 5.32 Å². The second kappa shape index (κ2) is 8.90. The van der Waals surface area contributed by atoms with Crippen LogP contribution in [0.3, 0.4) is 0 Å². The van der Waals surface area contributed by atoms with Crippen LogP contribution in [0, 0.1) is 0 Å². The smallest absolute Gasteiger partial charge is 0.331 e. The number of rotatable bonds is 6. The second-order valence-electron chi connectivity index (χ2n) is 7.63. The number of amides is 2. The maximum atomic E-state index is 13.2. The molecule has 2 aromatic rings. The topological polar surface area (TPSA) is 49.4 Å². The molecule has 2 amide bonds. The summed E-state index contributed by atoms with van der Waals surface area (Å²) in [4.78, 5) is 25.5. The van der Waals surface area contributed by atoms with Gasteiger partial charge in [-0.3, -0.25) is 9.59 Å². The number of nitrogens with one attached hydrogen (secondary N) is 1. The highest BCUT2D eigenvalue weighted by molar-refractivity contribution is 5.99. The van der Waals surface area contributed by atoms with Crippen molar-refractivity contribution in [3.63, 3.8) is 0 Å². The summed E-state index contributed by atoms with van der Waals surface area (Å²) < 4.78 is 38.3. The van der Waals surface area contributed by atoms with Crippen molar-refractivity contribution in [1.29, 1.82) is 0 Å². The van der Waals surface area contributed by atoms with Crippen LogP contribution in [0.25, 0.3) is 0 Å². The molecule has 7 heteroatoms. The van der Waals surface area contributed by atoms with Gasteiger partial charge in [-0.05, 0) is 43.0 Å². The quantitative estimate of drug-likeness (QED) is 0.714. The molecule has 0 aromatic heterocycles. The average molecular weight is 418 g/mol. The van der Waals surface area contributed by atoms with Crippen LogP contribution >= 0.6 is 0 Å². The van der Waals surface area contributed by atoms with Crippen LogP contribution < -0.4 is 5.32 Å². The molecule has 0 atom stereocenters. The lowest BCUT2D eigenvalue weighted by Gasteiger charge is -2.28. The maximum Gasteiger partial charge on any atom is 0.471 e. The van der Waals surface area contributed by atoms with Crippen molar-refractivity contribution in [3.8, 4) is 0 Å². The fourth-order valence-corrected chi connectivity index (χ4v) is 4.11. The molecule has 160 valence electrons. The summed E-state index contributed by atoms with van der Waals surface area (Å²) in [6, 6.07) is 16.3. The van der Waals surface area contributed by atoms with E-state index in [-0.39, 0.29) is 19.0 Å². The monoisotopic (exact) mass is 418 g/mol. The number of hydrogen-bond donors (Lipinski definition) is 1. The van der Waals surface area contributed by atoms with Crippen LogP contribution in [0.5, 0.6) is 0 Å². The summed E-state index contributed by atoms with van der Waals surface area (Å²) in [5.74, 6) is -1.98. The molecule has 0 unspecified atom stereocenters. The third-order valence-electron chi connectivity index (χ3n) is 5.69. The van der Waals surface area contributed by atoms with E-state index in [0.717, 1.165) is 36.1 Å². The maximum absolute atomic E-state index is 13.2. The zero-order chi connectivity index (χ0) is 21.8. The van der Waals surface area contributed by atoms with Gasteiger partial charge in [-0.1, -0.05) is 55.3 Å². The minimum atomic E-state index is -4.91. The van der Waals surface area contributed by atoms with Gasteiger partial charge in [-0.15, -0.1) is 0 Å². The first-order chi connectivity index (χ1) is 14.3. The number of hydrogen-bond acceptors (Lipinski definition) is 2. The summed E-state index contributed by atoms with van der Waals surface area (Å²) >= 11 is 0. The molecule has 3 rings (SSSR count). The predicted molar refractivity (Wildman–Crippen MR) is 109 cm³/mol. The van der Waals surface area contributed by atoms with E-state index in [0.29, 0.717) is 11.3 Å². The zero-order valence-corrected chi connectivity index (χ0v) is 16.8. The van der Waals surface area contributed by atoms with Crippen molar-refractivity contribution in [2.45, 2.75) is 50.7 Å². The zero-order valence-electron chi connectivity index (χ0n) is 16.8. The highest BCUT2D eigenvalue weighted by atomic mass is 19.4. The molecule has 30 heavy (non-hydrogen) atoms. The molecule has 0 radical (unpaired) electrons. The van der Waals surface area contributed by atoms with Gasteiger partial charge >= 0.3 is 12.1 Å². The Morgan fingerprint density at radius 1 is 1.03 bits per heavy atom. The molecule has 1 fully saturated rings. The van der Waals surface area contributed by atoms with Gasteiger partial charge in [0.25, 0.3) is 0 Å². The number of carbonyl (C=O) groups is 2. The molecule has 0 bridgehead atoms. The Balaban J connectivity index is 1.78. The van der Waals surface area contributed by atoms with Crippen molar-refractivity contribution in [3.05, 3.63) is 65.7 Å². The van der Waals surface area contributed by atoms with Crippen LogP contribution in [-0.2, 0) is 21.5 Å². The van der Waals surface area contributed by atoms with Gasteiger partial charge in [0, 0.05) is 18.8 Å². The number of alkyl halides is 3. The Morgan fingerprint density at radius 2 is 1.70 bits per heavy atom. The molecular formula is C23H25F3N2O2. The van der Waals surface area contributed by atoms with Gasteiger partial charge in [0.05, 0.1) is 5.41 Å². The van der Waals surface area contributed by atoms with Crippen LogP contribution in [0.4, 0.5) is 18.9 Å². The molecule has 2 aromatic carbocycles. The van der Waals surface area contributed by atoms with Crippen molar-refractivity contribution >= 4 is 17.5 Å². The Labute approximate surface area is 174 Å². The van der Waals surface area contributed by atoms with E-state index in [4.69, 9.17) is 0 Å². The number of nitrogens with zero attached hydrogens (tertiary/aromatic N) is 1. The van der Waals surface area contributed by atoms with Crippen molar-refractivity contribution in [2.24, 2.45) is 0 Å². The Bertz CT molecular complexity index is 891. The molecule has 0 spiro atoms. The lowest BCUT2D eigenvalue weighted by molar-refractivity contribution is -0.185. The van der Waals surface area contributed by atoms with Crippen LogP contribution in [0.2, 0.25) is 0 Å². The van der Waals surface area contributed by atoms with Crippen molar-refractivity contribution in [2.75, 3.05) is 11.9 Å². The third kappa shape index (κ3) is 4.66. The Hall–Kier alpha value is -2.83. The average Bonchev–Trinajstić information content (AvgIpc) is 3.23. The predicted octanol–water partition coefficient (Wildman–Crippen LogP) is 5.05. The summed E-state index contributed by atoms with van der Waals surface area (Å²) in [7, 11) is 0. The summed E-state index contributed by atoms with van der Waals surface area (Å²) in [6.07, 6.45) is -1.47. The van der Waals surface area contributed by atoms with E-state index in [1.807, 2.05) is 30.3 Å². The first kappa shape index (κ1) is 21.9. The Kier molecular flexibility index (Phi) is 6.48. The van der Waals surface area contributed by atoms with Gasteiger partial charge in [-0.25, -0.2) is 0 Å². The fraction of sp³-hybridized carbons (Fsp3) is 0.391. The molecule has 1 aliphatic rings. The summed E-state index contributed by atoms with van der Waals surface area (Å²) in [5, 5.41) is 2.95. The highest BCUT2D eigenvalue weighted by Crippen LogP contribution is 2.42. The number of anilines is 1. The Morgan fingerprint density at radius 3 is 2.30 bits per heavy atom. The largest absolute Gasteiger partial charge is 0.471 e. The molecule has 0 aliphatic heterocycles. The molecule has 4 nitrogen and oxygen atoms in total. The fourth-order valence-electron chi connectivity index (χ4n) is 4.11. The minimum absolute atomic E-state index is 0.0634. The van der Waals surface area contributed by atoms with Crippen LogP contribution in [-0.4, -0.2) is 29.4 Å². The van der Waals surface area contributed by atoms with E-state index in [1.54, 1.807) is 24.3 Å². The highest BCUT2D eigenvalue weighted by Gasteiger charge is 2.43. The van der Waals surface area contributed by atoms with E-state index >= 15 is 0 Å². The molecular weight excluding hydrogens is 393 g/mol. The molecule has 1 N–H and O–H groups in total. The van der Waals surface area contributed by atoms with Crippen molar-refractivity contribution in [1.82, 2.24) is 4.90 Å². The van der Waals surface area contributed by atoms with Gasteiger partial charge in [0.15, 0.2) is 0 Å². The van der Waals surface area contributed by atoms with Gasteiger partial charge in [0.1, 0.15) is 0 Å².